The Hall–Kier alpha value is -2.82. The first-order valence-electron chi connectivity index (χ1n) is 7.04. The van der Waals surface area contributed by atoms with Crippen molar-refractivity contribution in [3.05, 3.63) is 71.8 Å². The van der Waals surface area contributed by atoms with Gasteiger partial charge in [-0.25, -0.2) is 4.79 Å². The summed E-state index contributed by atoms with van der Waals surface area (Å²) >= 11 is 0. The molecule has 0 spiro atoms. The highest BCUT2D eigenvalue weighted by Gasteiger charge is 2.20. The van der Waals surface area contributed by atoms with E-state index in [0.717, 1.165) is 11.1 Å². The van der Waals surface area contributed by atoms with Crippen LogP contribution in [0.5, 0.6) is 0 Å². The fraction of sp³-hybridized carbons (Fsp3) is 0.176. The van der Waals surface area contributed by atoms with Crippen molar-refractivity contribution in [2.24, 2.45) is 5.73 Å². The molecule has 3 amide bonds. The van der Waals surface area contributed by atoms with Gasteiger partial charge in [0.2, 0.25) is 5.91 Å². The third-order valence-corrected chi connectivity index (χ3v) is 3.30. The van der Waals surface area contributed by atoms with Crippen molar-refractivity contribution in [3.8, 4) is 0 Å². The maximum Gasteiger partial charge on any atom is 0.312 e. The monoisotopic (exact) mass is 297 g/mol. The minimum absolute atomic E-state index is 0.285. The fourth-order valence-electron chi connectivity index (χ4n) is 2.20. The van der Waals surface area contributed by atoms with E-state index in [1.54, 1.807) is 6.92 Å². The summed E-state index contributed by atoms with van der Waals surface area (Å²) in [5.74, 6) is -0.295. The molecule has 0 aliphatic carbocycles. The third kappa shape index (κ3) is 4.09. The third-order valence-electron chi connectivity index (χ3n) is 3.30. The SMILES string of the molecule is CC(NC(N)=O)C(=O)NC(c1ccccc1)c1ccccc1. The van der Waals surface area contributed by atoms with Crippen molar-refractivity contribution in [2.45, 2.75) is 19.0 Å². The maximum absolute atomic E-state index is 12.3. The standard InChI is InChI=1S/C17H19N3O2/c1-12(19-17(18)22)16(21)20-15(13-8-4-2-5-9-13)14-10-6-3-7-11-14/h2-12,15H,1H3,(H,20,21)(H3,18,19,22). The van der Waals surface area contributed by atoms with Crippen LogP contribution in [-0.2, 0) is 4.79 Å². The molecular weight excluding hydrogens is 278 g/mol. The summed E-state index contributed by atoms with van der Waals surface area (Å²) in [5, 5.41) is 5.32. The lowest BCUT2D eigenvalue weighted by atomic mass is 9.98. The molecule has 0 aromatic heterocycles. The van der Waals surface area contributed by atoms with E-state index in [1.165, 1.54) is 0 Å². The van der Waals surface area contributed by atoms with E-state index < -0.39 is 12.1 Å². The van der Waals surface area contributed by atoms with Gasteiger partial charge in [-0.1, -0.05) is 60.7 Å². The first-order valence-corrected chi connectivity index (χ1v) is 7.04. The Bertz CT molecular complexity index is 589. The van der Waals surface area contributed by atoms with Crippen LogP contribution in [0.15, 0.2) is 60.7 Å². The van der Waals surface area contributed by atoms with Crippen LogP contribution in [-0.4, -0.2) is 18.0 Å². The van der Waals surface area contributed by atoms with Crippen molar-refractivity contribution in [3.63, 3.8) is 0 Å². The molecule has 1 atom stereocenters. The molecule has 0 bridgehead atoms. The van der Waals surface area contributed by atoms with Crippen LogP contribution in [0.3, 0.4) is 0 Å². The van der Waals surface area contributed by atoms with Gasteiger partial charge in [-0.2, -0.15) is 0 Å². The second kappa shape index (κ2) is 7.26. The Morgan fingerprint density at radius 3 is 1.73 bits per heavy atom. The van der Waals surface area contributed by atoms with Gasteiger partial charge in [0.25, 0.3) is 0 Å². The molecule has 2 rings (SSSR count). The number of carbonyl (C=O) groups excluding carboxylic acids is 2. The zero-order chi connectivity index (χ0) is 15.9. The summed E-state index contributed by atoms with van der Waals surface area (Å²) in [6.07, 6.45) is 0. The minimum atomic E-state index is -0.723. The van der Waals surface area contributed by atoms with Crippen molar-refractivity contribution in [1.29, 1.82) is 0 Å². The number of hydrogen-bond donors (Lipinski definition) is 3. The lowest BCUT2D eigenvalue weighted by molar-refractivity contribution is -0.123. The number of nitrogens with one attached hydrogen (secondary N) is 2. The summed E-state index contributed by atoms with van der Waals surface area (Å²) in [7, 11) is 0. The first-order chi connectivity index (χ1) is 10.6. The number of nitrogens with two attached hydrogens (primary N) is 1. The van der Waals surface area contributed by atoms with Gasteiger partial charge in [0, 0.05) is 0 Å². The van der Waals surface area contributed by atoms with Gasteiger partial charge in [0.1, 0.15) is 6.04 Å². The minimum Gasteiger partial charge on any atom is -0.352 e. The van der Waals surface area contributed by atoms with Gasteiger partial charge >= 0.3 is 6.03 Å². The topological polar surface area (TPSA) is 84.2 Å². The molecule has 5 heteroatoms. The second-order valence-electron chi connectivity index (χ2n) is 4.99. The van der Waals surface area contributed by atoms with Gasteiger partial charge in [-0.05, 0) is 18.1 Å². The van der Waals surface area contributed by atoms with Gasteiger partial charge < -0.3 is 16.4 Å². The van der Waals surface area contributed by atoms with Crippen LogP contribution >= 0.6 is 0 Å². The number of carbonyl (C=O) groups is 2. The van der Waals surface area contributed by atoms with Crippen molar-refractivity contribution in [1.82, 2.24) is 10.6 Å². The first kappa shape index (κ1) is 15.6. The molecule has 4 N–H and O–H groups in total. The van der Waals surface area contributed by atoms with Crippen LogP contribution in [0.4, 0.5) is 4.79 Å². The predicted octanol–water partition coefficient (Wildman–Crippen LogP) is 1.95. The molecule has 5 nitrogen and oxygen atoms in total. The smallest absolute Gasteiger partial charge is 0.312 e. The van der Waals surface area contributed by atoms with E-state index >= 15 is 0 Å². The lowest BCUT2D eigenvalue weighted by Gasteiger charge is -2.22. The second-order valence-corrected chi connectivity index (χ2v) is 4.99. The van der Waals surface area contributed by atoms with Crippen LogP contribution in [0.2, 0.25) is 0 Å². The van der Waals surface area contributed by atoms with Gasteiger partial charge in [0.15, 0.2) is 0 Å². The Balaban J connectivity index is 2.23. The van der Waals surface area contributed by atoms with Crippen LogP contribution in [0.1, 0.15) is 24.1 Å². The lowest BCUT2D eigenvalue weighted by Crippen LogP contribution is -2.47. The highest BCUT2D eigenvalue weighted by Crippen LogP contribution is 2.21. The molecule has 2 aromatic rings. The molecular formula is C17H19N3O2. The summed E-state index contributed by atoms with van der Waals surface area (Å²) in [6, 6.07) is 17.6. The summed E-state index contributed by atoms with van der Waals surface area (Å²) in [5.41, 5.74) is 6.99. The molecule has 0 fully saturated rings. The number of primary amides is 1. The predicted molar refractivity (Wildman–Crippen MR) is 85.1 cm³/mol. The number of hydrogen-bond acceptors (Lipinski definition) is 2. The Kier molecular flexibility index (Phi) is 5.14. The van der Waals surface area contributed by atoms with E-state index in [-0.39, 0.29) is 11.9 Å². The molecule has 0 aliphatic heterocycles. The number of benzene rings is 2. The van der Waals surface area contributed by atoms with Crippen LogP contribution in [0, 0.1) is 0 Å². The molecule has 22 heavy (non-hydrogen) atoms. The zero-order valence-electron chi connectivity index (χ0n) is 12.3. The van der Waals surface area contributed by atoms with E-state index in [2.05, 4.69) is 10.6 Å². The Labute approximate surface area is 129 Å². The molecule has 2 aromatic carbocycles. The van der Waals surface area contributed by atoms with E-state index in [4.69, 9.17) is 5.73 Å². The maximum atomic E-state index is 12.3. The highest BCUT2D eigenvalue weighted by molar-refractivity contribution is 5.86. The molecule has 114 valence electrons. The summed E-state index contributed by atoms with van der Waals surface area (Å²) < 4.78 is 0. The van der Waals surface area contributed by atoms with Gasteiger partial charge in [-0.15, -0.1) is 0 Å². The quantitative estimate of drug-likeness (QED) is 0.788. The molecule has 1 unspecified atom stereocenters. The van der Waals surface area contributed by atoms with E-state index in [1.807, 2.05) is 60.7 Å². The van der Waals surface area contributed by atoms with Gasteiger partial charge in [0.05, 0.1) is 6.04 Å². The zero-order valence-corrected chi connectivity index (χ0v) is 12.3. The largest absolute Gasteiger partial charge is 0.352 e. The average Bonchev–Trinajstić information content (AvgIpc) is 2.53. The number of amides is 3. The van der Waals surface area contributed by atoms with Crippen LogP contribution < -0.4 is 16.4 Å². The molecule has 0 aliphatic rings. The van der Waals surface area contributed by atoms with Crippen molar-refractivity contribution >= 4 is 11.9 Å². The molecule has 0 heterocycles. The summed E-state index contributed by atoms with van der Waals surface area (Å²) in [6.45, 7) is 1.59. The number of rotatable bonds is 5. The average molecular weight is 297 g/mol. The van der Waals surface area contributed by atoms with E-state index in [0.29, 0.717) is 0 Å². The highest BCUT2D eigenvalue weighted by atomic mass is 16.2. The normalized spacial score (nSPS) is 11.7. The summed E-state index contributed by atoms with van der Waals surface area (Å²) in [4.78, 5) is 23.1. The Morgan fingerprint density at radius 1 is 0.864 bits per heavy atom. The fourth-order valence-corrected chi connectivity index (χ4v) is 2.20. The van der Waals surface area contributed by atoms with Crippen molar-refractivity contribution in [2.75, 3.05) is 0 Å². The van der Waals surface area contributed by atoms with E-state index in [9.17, 15) is 9.59 Å². The number of urea groups is 1. The van der Waals surface area contributed by atoms with Crippen molar-refractivity contribution < 1.29 is 9.59 Å². The molecule has 0 saturated carbocycles. The van der Waals surface area contributed by atoms with Crippen LogP contribution in [0.25, 0.3) is 0 Å². The van der Waals surface area contributed by atoms with Gasteiger partial charge in [-0.3, -0.25) is 4.79 Å². The Morgan fingerprint density at radius 2 is 1.32 bits per heavy atom. The molecule has 0 radical (unpaired) electrons. The molecule has 0 saturated heterocycles.